The quantitative estimate of drug-likeness (QED) is 0.408. The van der Waals surface area contributed by atoms with Crippen LogP contribution in [0.2, 0.25) is 10.0 Å². The predicted molar refractivity (Wildman–Crippen MR) is 132 cm³/mol. The molecule has 0 saturated heterocycles. The molecule has 4 N–H and O–H groups in total. The minimum atomic E-state index is -0.809. The van der Waals surface area contributed by atoms with Crippen molar-refractivity contribution in [2.75, 3.05) is 0 Å². The van der Waals surface area contributed by atoms with Gasteiger partial charge in [0.25, 0.3) is 5.91 Å². The highest BCUT2D eigenvalue weighted by molar-refractivity contribution is 6.31. The first-order valence-corrected chi connectivity index (χ1v) is 12.5. The maximum absolute atomic E-state index is 12.8. The highest BCUT2D eigenvalue weighted by Gasteiger charge is 2.34. The van der Waals surface area contributed by atoms with Gasteiger partial charge < -0.3 is 25.5 Å². The number of benzene rings is 2. The first kappa shape index (κ1) is 23.9. The van der Waals surface area contributed by atoms with E-state index in [-0.39, 0.29) is 30.2 Å². The third-order valence-electron chi connectivity index (χ3n) is 6.70. The Morgan fingerprint density at radius 1 is 1.06 bits per heavy atom. The molecule has 10 heteroatoms. The van der Waals surface area contributed by atoms with Crippen LogP contribution in [0.1, 0.15) is 49.6 Å². The smallest absolute Gasteiger partial charge is 0.261 e. The van der Waals surface area contributed by atoms with Crippen molar-refractivity contribution < 1.29 is 19.4 Å². The van der Waals surface area contributed by atoms with Crippen LogP contribution in [0.3, 0.4) is 0 Å². The lowest BCUT2D eigenvalue weighted by Crippen LogP contribution is -2.47. The zero-order chi connectivity index (χ0) is 24.5. The maximum atomic E-state index is 12.8. The molecule has 0 bridgehead atoms. The van der Waals surface area contributed by atoms with Gasteiger partial charge in [0.2, 0.25) is 5.91 Å². The molecule has 1 aliphatic heterocycles. The molecule has 2 atom stereocenters. The maximum Gasteiger partial charge on any atom is 0.261 e. The number of aliphatic hydroxyl groups is 1. The lowest BCUT2D eigenvalue weighted by atomic mass is 9.85. The number of amides is 2. The van der Waals surface area contributed by atoms with E-state index in [4.69, 9.17) is 27.9 Å². The average Bonchev–Trinajstić information content (AvgIpc) is 3.25. The number of ether oxygens (including phenoxy) is 1. The normalized spacial score (nSPS) is 23.9. The summed E-state index contributed by atoms with van der Waals surface area (Å²) in [5.41, 5.74) is 2.23. The van der Waals surface area contributed by atoms with E-state index in [2.05, 4.69) is 20.6 Å². The summed E-state index contributed by atoms with van der Waals surface area (Å²) in [5.74, 6) is 0.785. The number of carbonyl (C=O) groups is 2. The van der Waals surface area contributed by atoms with Crippen molar-refractivity contribution >= 4 is 46.0 Å². The van der Waals surface area contributed by atoms with Crippen molar-refractivity contribution in [1.29, 1.82) is 0 Å². The van der Waals surface area contributed by atoms with E-state index in [1.54, 1.807) is 30.3 Å². The van der Waals surface area contributed by atoms with Crippen LogP contribution in [0.25, 0.3) is 11.0 Å². The Labute approximate surface area is 212 Å². The number of hydrogen-bond acceptors (Lipinski definition) is 5. The van der Waals surface area contributed by atoms with E-state index >= 15 is 0 Å². The van der Waals surface area contributed by atoms with E-state index in [0.29, 0.717) is 59.4 Å². The Hall–Kier alpha value is -2.81. The van der Waals surface area contributed by atoms with Crippen LogP contribution in [0.15, 0.2) is 36.4 Å². The Morgan fingerprint density at radius 3 is 2.60 bits per heavy atom. The number of aromatic amines is 1. The Balaban J connectivity index is 1.09. The molecule has 2 amide bonds. The zero-order valence-corrected chi connectivity index (χ0v) is 20.4. The number of aromatic nitrogens is 2. The standard InChI is InChI=1S/C25H26Cl2N4O4/c26-14-4-8-21-17(9-14)20(32)11-22(35-21)25(34)29-16-5-1-13(2-6-16)24(33)28-12-23-30-18-7-3-15(27)10-19(18)31-23/h3-4,7-10,13,16,20,22,32H,1-2,5-6,11-12H2,(H,28,33)(H,29,34)(H,30,31)/t13-,16-,20-,22-/m1/s1. The van der Waals surface area contributed by atoms with Gasteiger partial charge in [0.15, 0.2) is 6.10 Å². The number of rotatable bonds is 5. The summed E-state index contributed by atoms with van der Waals surface area (Å²) in [7, 11) is 0. The fourth-order valence-electron chi connectivity index (χ4n) is 4.80. The van der Waals surface area contributed by atoms with Crippen LogP contribution in [0, 0.1) is 5.92 Å². The molecule has 2 heterocycles. The van der Waals surface area contributed by atoms with Gasteiger partial charge in [-0.05, 0) is 62.1 Å². The van der Waals surface area contributed by atoms with Gasteiger partial charge in [0.1, 0.15) is 11.6 Å². The minimum Gasteiger partial charge on any atom is -0.480 e. The van der Waals surface area contributed by atoms with Crippen molar-refractivity contribution in [3.8, 4) is 5.75 Å². The van der Waals surface area contributed by atoms with Crippen molar-refractivity contribution in [3.63, 3.8) is 0 Å². The molecule has 0 radical (unpaired) electrons. The van der Waals surface area contributed by atoms with E-state index in [0.717, 1.165) is 11.0 Å². The van der Waals surface area contributed by atoms with Crippen molar-refractivity contribution in [1.82, 2.24) is 20.6 Å². The molecule has 35 heavy (non-hydrogen) atoms. The monoisotopic (exact) mass is 516 g/mol. The molecule has 0 unspecified atom stereocenters. The van der Waals surface area contributed by atoms with E-state index < -0.39 is 12.2 Å². The summed E-state index contributed by atoms with van der Waals surface area (Å²) in [5, 5.41) is 17.5. The van der Waals surface area contributed by atoms with Crippen LogP contribution in [-0.4, -0.2) is 39.0 Å². The van der Waals surface area contributed by atoms with Crippen molar-refractivity contribution in [3.05, 3.63) is 57.8 Å². The number of aliphatic hydroxyl groups excluding tert-OH is 1. The van der Waals surface area contributed by atoms with Gasteiger partial charge in [0, 0.05) is 34.0 Å². The molecule has 2 aliphatic rings. The van der Waals surface area contributed by atoms with Gasteiger partial charge >= 0.3 is 0 Å². The summed E-state index contributed by atoms with van der Waals surface area (Å²) < 4.78 is 5.81. The molecule has 1 aromatic heterocycles. The largest absolute Gasteiger partial charge is 0.480 e. The van der Waals surface area contributed by atoms with Crippen LogP contribution in [-0.2, 0) is 16.1 Å². The number of imidazole rings is 1. The Morgan fingerprint density at radius 2 is 1.80 bits per heavy atom. The fraction of sp³-hybridized carbons (Fsp3) is 0.400. The average molecular weight is 517 g/mol. The van der Waals surface area contributed by atoms with E-state index in [1.165, 1.54) is 0 Å². The summed E-state index contributed by atoms with van der Waals surface area (Å²) in [6.07, 6.45) is 1.37. The topological polar surface area (TPSA) is 116 Å². The number of nitrogens with one attached hydrogen (secondary N) is 3. The molecule has 5 rings (SSSR count). The molecule has 2 aromatic carbocycles. The van der Waals surface area contributed by atoms with E-state index in [1.807, 2.05) is 6.07 Å². The third-order valence-corrected chi connectivity index (χ3v) is 7.17. The molecular weight excluding hydrogens is 491 g/mol. The lowest BCUT2D eigenvalue weighted by molar-refractivity contribution is -0.131. The molecule has 1 fully saturated rings. The van der Waals surface area contributed by atoms with Crippen molar-refractivity contribution in [2.45, 2.75) is 56.9 Å². The van der Waals surface area contributed by atoms with Crippen LogP contribution in [0.4, 0.5) is 0 Å². The van der Waals surface area contributed by atoms with E-state index in [9.17, 15) is 14.7 Å². The second-order valence-corrected chi connectivity index (χ2v) is 10.0. The second kappa shape index (κ2) is 10.0. The molecule has 184 valence electrons. The Bertz CT molecular complexity index is 1260. The number of hydrogen-bond donors (Lipinski definition) is 4. The molecule has 3 aromatic rings. The van der Waals surface area contributed by atoms with Gasteiger partial charge in [-0.15, -0.1) is 0 Å². The molecule has 8 nitrogen and oxygen atoms in total. The van der Waals surface area contributed by atoms with Crippen LogP contribution >= 0.6 is 23.2 Å². The highest BCUT2D eigenvalue weighted by Crippen LogP contribution is 2.36. The SMILES string of the molecule is O=C(N[C@H]1CC[C@H](C(=O)NCc2nc3cc(Cl)ccc3[nH]2)CC1)[C@H]1C[C@@H](O)c2cc(Cl)ccc2O1. The fourth-order valence-corrected chi connectivity index (χ4v) is 5.15. The number of carbonyl (C=O) groups excluding carboxylic acids is 2. The molecule has 1 aliphatic carbocycles. The number of fused-ring (bicyclic) bond motifs is 2. The molecule has 0 spiro atoms. The van der Waals surface area contributed by atoms with Crippen LogP contribution < -0.4 is 15.4 Å². The Kier molecular flexibility index (Phi) is 6.86. The third kappa shape index (κ3) is 5.39. The molecular formula is C25H26Cl2N4O4. The molecule has 1 saturated carbocycles. The highest BCUT2D eigenvalue weighted by atomic mass is 35.5. The summed E-state index contributed by atoms with van der Waals surface area (Å²) in [4.78, 5) is 33.1. The number of H-pyrrole nitrogens is 1. The first-order chi connectivity index (χ1) is 16.9. The van der Waals surface area contributed by atoms with Crippen molar-refractivity contribution in [2.24, 2.45) is 5.92 Å². The summed E-state index contributed by atoms with van der Waals surface area (Å²) in [6.45, 7) is 0.315. The van der Waals surface area contributed by atoms with Gasteiger partial charge in [-0.2, -0.15) is 0 Å². The zero-order valence-electron chi connectivity index (χ0n) is 18.9. The predicted octanol–water partition coefficient (Wildman–Crippen LogP) is 4.05. The number of nitrogens with zero attached hydrogens (tertiary/aromatic N) is 1. The second-order valence-electron chi connectivity index (χ2n) is 9.16. The number of halogens is 2. The van der Waals surface area contributed by atoms with Gasteiger partial charge in [-0.25, -0.2) is 4.98 Å². The van der Waals surface area contributed by atoms with Gasteiger partial charge in [-0.1, -0.05) is 23.2 Å². The summed E-state index contributed by atoms with van der Waals surface area (Å²) in [6, 6.07) is 10.4. The summed E-state index contributed by atoms with van der Waals surface area (Å²) >= 11 is 12.0. The lowest BCUT2D eigenvalue weighted by Gasteiger charge is -2.32. The van der Waals surface area contributed by atoms with Crippen LogP contribution in [0.5, 0.6) is 5.75 Å². The first-order valence-electron chi connectivity index (χ1n) is 11.7. The van der Waals surface area contributed by atoms with Gasteiger partial charge in [0.05, 0.1) is 23.7 Å². The van der Waals surface area contributed by atoms with Gasteiger partial charge in [-0.3, -0.25) is 9.59 Å². The minimum absolute atomic E-state index is 0.0118.